The van der Waals surface area contributed by atoms with Gasteiger partial charge in [-0.1, -0.05) is 0 Å². The third kappa shape index (κ3) is 1.37. The fourth-order valence-corrected chi connectivity index (χ4v) is 1.50. The molecular weight excluding hydrogens is 198 g/mol. The number of rotatable bonds is 3. The Balaban J connectivity index is 2.65. The van der Waals surface area contributed by atoms with Gasteiger partial charge in [-0.15, -0.1) is 0 Å². The molecule has 0 atom stereocenters. The lowest BCUT2D eigenvalue weighted by Crippen LogP contribution is -2.02. The van der Waals surface area contributed by atoms with E-state index in [2.05, 4.69) is 0 Å². The summed E-state index contributed by atoms with van der Waals surface area (Å²) in [6, 6.07) is 1.47. The van der Waals surface area contributed by atoms with Crippen molar-refractivity contribution in [2.45, 2.75) is 0 Å². The average Bonchev–Trinajstić information content (AvgIpc) is 2.78. The number of carbonyl (C=O) groups excluding carboxylic acids is 2. The smallest absolute Gasteiger partial charge is 0.223 e. The molecule has 2 rings (SSSR count). The van der Waals surface area contributed by atoms with E-state index in [1.54, 1.807) is 17.8 Å². The SMILES string of the molecule is Cn1cc(C=O)c2cc(C(=O)CO)oc21. The number of hydrogen-bond donors (Lipinski definition) is 1. The van der Waals surface area contributed by atoms with Crippen LogP contribution in [0.5, 0.6) is 0 Å². The molecule has 0 fully saturated rings. The summed E-state index contributed by atoms with van der Waals surface area (Å²) < 4.78 is 6.85. The maximum absolute atomic E-state index is 11.2. The second-order valence-corrected chi connectivity index (χ2v) is 3.22. The molecule has 5 nitrogen and oxygen atoms in total. The normalized spacial score (nSPS) is 10.8. The summed E-state index contributed by atoms with van der Waals surface area (Å²) in [6.45, 7) is -0.601. The minimum atomic E-state index is -0.601. The van der Waals surface area contributed by atoms with Crippen molar-refractivity contribution in [1.82, 2.24) is 4.57 Å². The van der Waals surface area contributed by atoms with Gasteiger partial charge in [0.05, 0.1) is 5.39 Å². The second kappa shape index (κ2) is 3.36. The third-order valence-electron chi connectivity index (χ3n) is 2.22. The van der Waals surface area contributed by atoms with E-state index in [0.29, 0.717) is 22.9 Å². The highest BCUT2D eigenvalue weighted by atomic mass is 16.4. The number of aryl methyl sites for hydroxylation is 1. The van der Waals surface area contributed by atoms with Gasteiger partial charge in [-0.25, -0.2) is 0 Å². The molecule has 2 aromatic rings. The van der Waals surface area contributed by atoms with E-state index in [0.717, 1.165) is 0 Å². The summed E-state index contributed by atoms with van der Waals surface area (Å²) in [5.74, 6) is -0.426. The Morgan fingerprint density at radius 2 is 2.40 bits per heavy atom. The molecule has 0 saturated heterocycles. The lowest BCUT2D eigenvalue weighted by Gasteiger charge is -1.91. The number of ketones is 1. The van der Waals surface area contributed by atoms with Crippen molar-refractivity contribution in [3.63, 3.8) is 0 Å². The monoisotopic (exact) mass is 207 g/mol. The molecule has 2 heterocycles. The fourth-order valence-electron chi connectivity index (χ4n) is 1.50. The van der Waals surface area contributed by atoms with Gasteiger partial charge in [0.1, 0.15) is 6.61 Å². The van der Waals surface area contributed by atoms with Crippen LogP contribution in [0.1, 0.15) is 20.9 Å². The Hall–Kier alpha value is -1.88. The molecule has 0 aliphatic carbocycles. The molecule has 0 bridgehead atoms. The molecule has 1 N–H and O–H groups in total. The van der Waals surface area contributed by atoms with Crippen LogP contribution in [-0.2, 0) is 7.05 Å². The zero-order valence-corrected chi connectivity index (χ0v) is 8.06. The number of aldehydes is 1. The Morgan fingerprint density at radius 1 is 1.67 bits per heavy atom. The van der Waals surface area contributed by atoms with Crippen LogP contribution in [0.3, 0.4) is 0 Å². The van der Waals surface area contributed by atoms with Crippen molar-refractivity contribution in [3.05, 3.63) is 23.6 Å². The minimum absolute atomic E-state index is 0.0711. The number of carbonyl (C=O) groups is 2. The van der Waals surface area contributed by atoms with Gasteiger partial charge in [0.2, 0.25) is 11.5 Å². The molecule has 0 unspecified atom stereocenters. The predicted molar refractivity (Wildman–Crippen MR) is 52.0 cm³/mol. The Bertz CT molecular complexity index is 535. The molecule has 0 spiro atoms. The molecule has 0 aliphatic rings. The van der Waals surface area contributed by atoms with E-state index in [9.17, 15) is 9.59 Å². The van der Waals surface area contributed by atoms with Crippen LogP contribution in [0, 0.1) is 0 Å². The van der Waals surface area contributed by atoms with Crippen molar-refractivity contribution in [2.24, 2.45) is 7.05 Å². The highest BCUT2D eigenvalue weighted by Crippen LogP contribution is 2.23. The molecule has 2 aromatic heterocycles. The first-order valence-corrected chi connectivity index (χ1v) is 4.35. The number of nitrogens with zero attached hydrogens (tertiary/aromatic N) is 1. The average molecular weight is 207 g/mol. The first-order chi connectivity index (χ1) is 7.17. The van der Waals surface area contributed by atoms with Gasteiger partial charge in [-0.3, -0.25) is 9.59 Å². The predicted octanol–water partition coefficient (Wildman–Crippen LogP) is 0.759. The summed E-state index contributed by atoms with van der Waals surface area (Å²) in [7, 11) is 1.71. The lowest BCUT2D eigenvalue weighted by molar-refractivity contribution is 0.0877. The quantitative estimate of drug-likeness (QED) is 0.595. The molecule has 0 radical (unpaired) electrons. The number of aliphatic hydroxyl groups excluding tert-OH is 1. The molecule has 5 heteroatoms. The fraction of sp³-hybridized carbons (Fsp3) is 0.200. The van der Waals surface area contributed by atoms with Crippen LogP contribution >= 0.6 is 0 Å². The van der Waals surface area contributed by atoms with Crippen LogP contribution < -0.4 is 0 Å². The van der Waals surface area contributed by atoms with Gasteiger partial charge >= 0.3 is 0 Å². The Labute approximate surface area is 84.9 Å². The molecule has 0 aliphatic heterocycles. The van der Waals surface area contributed by atoms with E-state index in [4.69, 9.17) is 9.52 Å². The van der Waals surface area contributed by atoms with E-state index >= 15 is 0 Å². The zero-order chi connectivity index (χ0) is 11.0. The second-order valence-electron chi connectivity index (χ2n) is 3.22. The molecule has 15 heavy (non-hydrogen) atoms. The summed E-state index contributed by atoms with van der Waals surface area (Å²) in [6.07, 6.45) is 2.32. The number of fused-ring (bicyclic) bond motifs is 1. The van der Waals surface area contributed by atoms with Crippen LogP contribution in [0.4, 0.5) is 0 Å². The van der Waals surface area contributed by atoms with Crippen molar-refractivity contribution in [1.29, 1.82) is 0 Å². The van der Waals surface area contributed by atoms with Crippen molar-refractivity contribution in [2.75, 3.05) is 6.61 Å². The summed E-state index contributed by atoms with van der Waals surface area (Å²) in [5, 5.41) is 9.25. The van der Waals surface area contributed by atoms with Gasteiger partial charge in [0, 0.05) is 18.8 Å². The highest BCUT2D eigenvalue weighted by Gasteiger charge is 2.16. The highest BCUT2D eigenvalue weighted by molar-refractivity contribution is 6.02. The Morgan fingerprint density at radius 3 is 3.00 bits per heavy atom. The molecule has 0 saturated carbocycles. The molecule has 0 aromatic carbocycles. The number of aliphatic hydroxyl groups is 1. The number of Topliss-reactive ketones (excluding diaryl/α,β-unsaturated/α-hetero) is 1. The van der Waals surface area contributed by atoms with Crippen LogP contribution in [0.15, 0.2) is 16.7 Å². The van der Waals surface area contributed by atoms with Gasteiger partial charge in [-0.05, 0) is 6.07 Å². The molecule has 78 valence electrons. The van der Waals surface area contributed by atoms with Crippen LogP contribution in [-0.4, -0.2) is 28.3 Å². The maximum Gasteiger partial charge on any atom is 0.223 e. The van der Waals surface area contributed by atoms with E-state index in [-0.39, 0.29) is 5.76 Å². The minimum Gasteiger partial charge on any atom is -0.436 e. The van der Waals surface area contributed by atoms with Gasteiger partial charge < -0.3 is 14.1 Å². The first-order valence-electron chi connectivity index (χ1n) is 4.35. The molecule has 0 amide bonds. The van der Waals surface area contributed by atoms with Gasteiger partial charge in [0.15, 0.2) is 12.0 Å². The van der Waals surface area contributed by atoms with E-state index in [1.807, 2.05) is 0 Å². The maximum atomic E-state index is 11.2. The van der Waals surface area contributed by atoms with Crippen LogP contribution in [0.25, 0.3) is 11.1 Å². The van der Waals surface area contributed by atoms with Crippen LogP contribution in [0.2, 0.25) is 0 Å². The zero-order valence-electron chi connectivity index (χ0n) is 8.06. The lowest BCUT2D eigenvalue weighted by atomic mass is 10.2. The summed E-state index contributed by atoms with van der Waals surface area (Å²) in [4.78, 5) is 21.8. The van der Waals surface area contributed by atoms with Crippen molar-refractivity contribution < 1.29 is 19.1 Å². The number of hydrogen-bond acceptors (Lipinski definition) is 4. The van der Waals surface area contributed by atoms with E-state index < -0.39 is 12.4 Å². The summed E-state index contributed by atoms with van der Waals surface area (Å²) >= 11 is 0. The van der Waals surface area contributed by atoms with E-state index in [1.165, 1.54) is 6.07 Å². The first kappa shape index (κ1) is 9.67. The topological polar surface area (TPSA) is 72.4 Å². The third-order valence-corrected chi connectivity index (χ3v) is 2.22. The number of furan rings is 1. The van der Waals surface area contributed by atoms with Gasteiger partial charge in [-0.2, -0.15) is 0 Å². The summed E-state index contributed by atoms with van der Waals surface area (Å²) in [5.41, 5.74) is 0.919. The largest absolute Gasteiger partial charge is 0.436 e. The standard InChI is InChI=1S/C10H9NO4/c1-11-3-6(4-12)7-2-9(8(14)5-13)15-10(7)11/h2-4,13H,5H2,1H3. The molecular formula is C10H9NO4. The van der Waals surface area contributed by atoms with Gasteiger partial charge in [0.25, 0.3) is 0 Å². The van der Waals surface area contributed by atoms with Crippen molar-refractivity contribution in [3.8, 4) is 0 Å². The number of aromatic nitrogens is 1. The van der Waals surface area contributed by atoms with Crippen molar-refractivity contribution >= 4 is 23.2 Å². The Kier molecular flexibility index (Phi) is 2.17.